The molecule has 5 heteroatoms. The van der Waals surface area contributed by atoms with Crippen LogP contribution in [0.2, 0.25) is 0 Å². The Morgan fingerprint density at radius 2 is 1.57 bits per heavy atom. The molecule has 30 heavy (non-hydrogen) atoms. The maximum atomic E-state index is 12.4. The smallest absolute Gasteiger partial charge is 0.337 e. The van der Waals surface area contributed by atoms with Crippen molar-refractivity contribution in [2.24, 2.45) is 0 Å². The van der Waals surface area contributed by atoms with Gasteiger partial charge in [-0.3, -0.25) is 4.79 Å². The van der Waals surface area contributed by atoms with E-state index in [2.05, 4.69) is 4.74 Å². The Bertz CT molecular complexity index is 1090. The van der Waals surface area contributed by atoms with Crippen LogP contribution in [0.15, 0.2) is 84.4 Å². The molecule has 0 N–H and O–H groups in total. The van der Waals surface area contributed by atoms with Crippen LogP contribution in [0.5, 0.6) is 5.75 Å². The first-order valence-corrected chi connectivity index (χ1v) is 9.22. The molecule has 0 aliphatic rings. The quantitative estimate of drug-likeness (QED) is 0.247. The predicted octanol–water partition coefficient (Wildman–Crippen LogP) is 4.84. The van der Waals surface area contributed by atoms with Gasteiger partial charge < -0.3 is 9.47 Å². The van der Waals surface area contributed by atoms with E-state index >= 15 is 0 Å². The van der Waals surface area contributed by atoms with Gasteiger partial charge in [0.25, 0.3) is 0 Å². The summed E-state index contributed by atoms with van der Waals surface area (Å²) in [5.74, 6) is -0.0421. The van der Waals surface area contributed by atoms with Crippen molar-refractivity contribution in [3.63, 3.8) is 0 Å². The van der Waals surface area contributed by atoms with Crippen LogP contribution >= 0.6 is 0 Å². The number of nitrogens with zero attached hydrogens (tertiary/aromatic N) is 1. The zero-order valence-corrected chi connectivity index (χ0v) is 16.4. The number of hydrogen-bond donors (Lipinski definition) is 0. The summed E-state index contributed by atoms with van der Waals surface area (Å²) in [7, 11) is 1.34. The van der Waals surface area contributed by atoms with Gasteiger partial charge in [0.1, 0.15) is 24.0 Å². The average Bonchev–Trinajstić information content (AvgIpc) is 2.82. The Balaban J connectivity index is 1.64. The molecule has 0 saturated carbocycles. The van der Waals surface area contributed by atoms with E-state index in [1.165, 1.54) is 7.11 Å². The van der Waals surface area contributed by atoms with Crippen LogP contribution in [-0.2, 0) is 11.3 Å². The number of Topliss-reactive ketones (excluding diaryl/α,β-unsaturated/α-hetero) is 1. The fourth-order valence-electron chi connectivity index (χ4n) is 2.74. The number of allylic oxidation sites excluding steroid dienone is 1. The highest BCUT2D eigenvalue weighted by atomic mass is 16.5. The van der Waals surface area contributed by atoms with Gasteiger partial charge in [0.2, 0.25) is 5.78 Å². The minimum atomic E-state index is -0.381. The third-order valence-electron chi connectivity index (χ3n) is 4.37. The second-order valence-corrected chi connectivity index (χ2v) is 6.41. The van der Waals surface area contributed by atoms with Gasteiger partial charge in [-0.15, -0.1) is 0 Å². The summed E-state index contributed by atoms with van der Waals surface area (Å²) in [6.07, 6.45) is 1.56. The van der Waals surface area contributed by atoms with Gasteiger partial charge in [-0.1, -0.05) is 54.6 Å². The molecule has 0 spiro atoms. The van der Waals surface area contributed by atoms with Crippen LogP contribution in [0.25, 0.3) is 6.08 Å². The molecule has 0 heterocycles. The first kappa shape index (κ1) is 20.6. The minimum absolute atomic E-state index is 0.0700. The fourth-order valence-corrected chi connectivity index (χ4v) is 2.74. The van der Waals surface area contributed by atoms with Crippen molar-refractivity contribution in [2.75, 3.05) is 7.11 Å². The standard InChI is InChI=1S/C25H19NO4/c1-29-25(28)21-11-7-19(8-12-21)17-30-23-13-9-18(10-14-23)15-22(16-26)24(27)20-5-3-2-4-6-20/h2-15H,17H2,1H3/b22-15-. The van der Waals surface area contributed by atoms with Crippen molar-refractivity contribution in [1.29, 1.82) is 5.26 Å². The molecule has 0 atom stereocenters. The molecule has 0 aliphatic heterocycles. The van der Waals surface area contributed by atoms with Crippen LogP contribution < -0.4 is 4.74 Å². The lowest BCUT2D eigenvalue weighted by atomic mass is 10.0. The Morgan fingerprint density at radius 1 is 0.900 bits per heavy atom. The molecule has 3 rings (SSSR count). The highest BCUT2D eigenvalue weighted by Crippen LogP contribution is 2.18. The number of ketones is 1. The predicted molar refractivity (Wildman–Crippen MR) is 113 cm³/mol. The first-order valence-electron chi connectivity index (χ1n) is 9.22. The lowest BCUT2D eigenvalue weighted by Gasteiger charge is -2.07. The number of carbonyl (C=O) groups excluding carboxylic acids is 2. The zero-order chi connectivity index (χ0) is 21.3. The van der Waals surface area contributed by atoms with Gasteiger partial charge in [0.05, 0.1) is 12.7 Å². The Hall–Kier alpha value is -4.17. The van der Waals surface area contributed by atoms with Crippen molar-refractivity contribution >= 4 is 17.8 Å². The summed E-state index contributed by atoms with van der Waals surface area (Å²) >= 11 is 0. The van der Waals surface area contributed by atoms with Crippen molar-refractivity contribution in [3.05, 3.63) is 107 Å². The van der Waals surface area contributed by atoms with Gasteiger partial charge in [0.15, 0.2) is 0 Å². The summed E-state index contributed by atoms with van der Waals surface area (Å²) in [6, 6.07) is 24.8. The summed E-state index contributed by atoms with van der Waals surface area (Å²) in [5, 5.41) is 9.36. The molecule has 0 saturated heterocycles. The number of esters is 1. The van der Waals surface area contributed by atoms with E-state index in [1.807, 2.05) is 12.1 Å². The topological polar surface area (TPSA) is 76.4 Å². The average molecular weight is 397 g/mol. The van der Waals surface area contributed by atoms with Gasteiger partial charge >= 0.3 is 5.97 Å². The molecule has 3 aromatic rings. The Kier molecular flexibility index (Phi) is 6.75. The molecule has 0 bridgehead atoms. The van der Waals surface area contributed by atoms with Gasteiger partial charge in [-0.25, -0.2) is 4.79 Å². The second kappa shape index (κ2) is 9.85. The first-order chi connectivity index (χ1) is 14.6. The third kappa shape index (κ3) is 5.21. The monoisotopic (exact) mass is 397 g/mol. The maximum absolute atomic E-state index is 12.4. The molecule has 0 fully saturated rings. The van der Waals surface area contributed by atoms with Crippen LogP contribution in [0.1, 0.15) is 31.8 Å². The molecular weight excluding hydrogens is 378 g/mol. The van der Waals surface area contributed by atoms with Crippen LogP contribution in [0, 0.1) is 11.3 Å². The SMILES string of the molecule is COC(=O)c1ccc(COc2ccc(/C=C(/C#N)C(=O)c3ccccc3)cc2)cc1. The van der Waals surface area contributed by atoms with E-state index in [-0.39, 0.29) is 17.3 Å². The number of nitriles is 1. The van der Waals surface area contributed by atoms with Crippen molar-refractivity contribution in [3.8, 4) is 11.8 Å². The van der Waals surface area contributed by atoms with Crippen LogP contribution in [0.3, 0.4) is 0 Å². The van der Waals surface area contributed by atoms with E-state index in [0.717, 1.165) is 11.1 Å². The second-order valence-electron chi connectivity index (χ2n) is 6.41. The molecule has 0 aromatic heterocycles. The summed E-state index contributed by atoms with van der Waals surface area (Å²) < 4.78 is 10.4. The highest BCUT2D eigenvalue weighted by molar-refractivity contribution is 6.14. The lowest BCUT2D eigenvalue weighted by molar-refractivity contribution is 0.0600. The third-order valence-corrected chi connectivity index (χ3v) is 4.37. The van der Waals surface area contributed by atoms with E-state index in [1.54, 1.807) is 78.9 Å². The normalized spacial score (nSPS) is 10.7. The summed E-state index contributed by atoms with van der Waals surface area (Å²) in [6.45, 7) is 0.340. The van der Waals surface area contributed by atoms with E-state index in [0.29, 0.717) is 23.5 Å². The number of rotatable bonds is 7. The van der Waals surface area contributed by atoms with Gasteiger partial charge in [-0.2, -0.15) is 5.26 Å². The highest BCUT2D eigenvalue weighted by Gasteiger charge is 2.11. The zero-order valence-electron chi connectivity index (χ0n) is 16.4. The Morgan fingerprint density at radius 3 is 2.17 bits per heavy atom. The van der Waals surface area contributed by atoms with Crippen molar-refractivity contribution in [1.82, 2.24) is 0 Å². The summed E-state index contributed by atoms with van der Waals surface area (Å²) in [4.78, 5) is 23.9. The van der Waals surface area contributed by atoms with Crippen molar-refractivity contribution < 1.29 is 19.1 Å². The van der Waals surface area contributed by atoms with E-state index in [4.69, 9.17) is 4.74 Å². The molecular formula is C25H19NO4. The number of carbonyl (C=O) groups is 2. The van der Waals surface area contributed by atoms with Crippen molar-refractivity contribution in [2.45, 2.75) is 6.61 Å². The largest absolute Gasteiger partial charge is 0.489 e. The molecule has 0 aliphatic carbocycles. The maximum Gasteiger partial charge on any atom is 0.337 e. The molecule has 0 unspecified atom stereocenters. The fraction of sp³-hybridized carbons (Fsp3) is 0.0800. The molecule has 3 aromatic carbocycles. The number of methoxy groups -OCH3 is 1. The van der Waals surface area contributed by atoms with E-state index < -0.39 is 0 Å². The number of benzene rings is 3. The number of hydrogen-bond acceptors (Lipinski definition) is 5. The molecule has 0 radical (unpaired) electrons. The van der Waals surface area contributed by atoms with Gasteiger partial charge in [-0.05, 0) is 41.5 Å². The lowest BCUT2D eigenvalue weighted by Crippen LogP contribution is -2.02. The minimum Gasteiger partial charge on any atom is -0.489 e. The number of ether oxygens (including phenoxy) is 2. The van der Waals surface area contributed by atoms with E-state index in [9.17, 15) is 14.9 Å². The molecule has 148 valence electrons. The Labute approximate surface area is 174 Å². The van der Waals surface area contributed by atoms with Gasteiger partial charge in [0, 0.05) is 5.56 Å². The van der Waals surface area contributed by atoms with Crippen LogP contribution in [0.4, 0.5) is 0 Å². The molecule has 0 amide bonds. The van der Waals surface area contributed by atoms with Crippen LogP contribution in [-0.4, -0.2) is 18.9 Å². The molecule has 5 nitrogen and oxygen atoms in total. The summed E-state index contributed by atoms with van der Waals surface area (Å²) in [5.41, 5.74) is 2.66.